The lowest BCUT2D eigenvalue weighted by molar-refractivity contribution is 0.392. The zero-order chi connectivity index (χ0) is 22.9. The Labute approximate surface area is 206 Å². The van der Waals surface area contributed by atoms with Crippen molar-refractivity contribution < 1.29 is 9.84 Å². The van der Waals surface area contributed by atoms with E-state index < -0.39 is 28.2 Å². The first-order valence-electron chi connectivity index (χ1n) is 8.18. The van der Waals surface area contributed by atoms with Crippen LogP contribution in [0, 0.1) is 0 Å². The molecule has 2 rings (SSSR count). The second kappa shape index (κ2) is 16.1. The van der Waals surface area contributed by atoms with Gasteiger partial charge < -0.3 is 19.8 Å². The van der Waals surface area contributed by atoms with Crippen molar-refractivity contribution in [1.29, 1.82) is 0 Å². The van der Waals surface area contributed by atoms with E-state index in [0.29, 0.717) is 0 Å². The van der Waals surface area contributed by atoms with Crippen LogP contribution >= 0.6 is 47.3 Å². The van der Waals surface area contributed by atoms with Gasteiger partial charge in [0.05, 0.1) is 19.5 Å². The fourth-order valence-corrected chi connectivity index (χ4v) is 2.03. The molecule has 0 aliphatic carbocycles. The first-order chi connectivity index (χ1) is 13.3. The molecule has 0 saturated heterocycles. The van der Waals surface area contributed by atoms with Gasteiger partial charge in [0.2, 0.25) is 5.75 Å². The molecule has 0 saturated carbocycles. The highest BCUT2D eigenvalue weighted by Gasteiger charge is 2.09. The molecular formula is C17H30BBr3N4O6. The van der Waals surface area contributed by atoms with Gasteiger partial charge >= 0.3 is 14.6 Å². The van der Waals surface area contributed by atoms with Crippen LogP contribution in [0.25, 0.3) is 0 Å². The normalized spacial score (nSPS) is 9.35. The van der Waals surface area contributed by atoms with Gasteiger partial charge in [-0.15, -0.1) is 47.3 Å². The SMILES string of the molecule is BrB(Br)Br.C.C.CC(C)n1c(=O)[nH]cc(O)c1=O.COc1c[nH]c(=O)n(C(C)C)c1=O. The van der Waals surface area contributed by atoms with E-state index in [-0.39, 0.29) is 35.9 Å². The molecule has 0 bridgehead atoms. The maximum Gasteiger partial charge on any atom is 0.369 e. The van der Waals surface area contributed by atoms with Crippen molar-refractivity contribution in [2.24, 2.45) is 0 Å². The van der Waals surface area contributed by atoms with Gasteiger partial charge in [0.1, 0.15) is 0 Å². The number of aromatic hydroxyl groups is 1. The smallest absolute Gasteiger partial charge is 0.369 e. The summed E-state index contributed by atoms with van der Waals surface area (Å²) in [6.07, 6.45) is 2.26. The molecule has 0 amide bonds. The number of ether oxygens (including phenoxy) is 1. The summed E-state index contributed by atoms with van der Waals surface area (Å²) in [6, 6.07) is -0.431. The van der Waals surface area contributed by atoms with Crippen molar-refractivity contribution in [3.63, 3.8) is 0 Å². The molecule has 0 aliphatic rings. The third-order valence-electron chi connectivity index (χ3n) is 3.22. The standard InChI is InChI=1S/C8H12N2O3.C7H10N2O3.2CH4.BBr3/c1-5(2)10-7(11)6(13-3)4-9-8(10)12;1-4(2)9-6(11)5(10)3-8-7(9)12;;;2-1(3)4/h4-5H,1-3H3,(H,9,12);3-4,10H,1-2H3,(H,8,12);2*1H4;. The van der Waals surface area contributed by atoms with E-state index in [2.05, 4.69) is 57.2 Å². The zero-order valence-corrected chi connectivity index (χ0v) is 21.2. The summed E-state index contributed by atoms with van der Waals surface area (Å²) in [6.45, 7) is 6.90. The van der Waals surface area contributed by atoms with Crippen LogP contribution in [0.2, 0.25) is 0 Å². The molecule has 178 valence electrons. The Hall–Kier alpha value is -1.54. The van der Waals surface area contributed by atoms with E-state index in [9.17, 15) is 19.2 Å². The van der Waals surface area contributed by atoms with Gasteiger partial charge in [-0.2, -0.15) is 0 Å². The highest BCUT2D eigenvalue weighted by molar-refractivity contribution is 9.69. The summed E-state index contributed by atoms with van der Waals surface area (Å²) in [5.41, 5.74) is -1.98. The summed E-state index contributed by atoms with van der Waals surface area (Å²) < 4.78 is 7.12. The summed E-state index contributed by atoms with van der Waals surface area (Å²) in [4.78, 5) is 49.5. The average molecular weight is 637 g/mol. The fraction of sp³-hybridized carbons (Fsp3) is 0.529. The van der Waals surface area contributed by atoms with Gasteiger partial charge in [-0.05, 0) is 27.7 Å². The van der Waals surface area contributed by atoms with E-state index in [0.717, 1.165) is 15.3 Å². The molecule has 3 N–H and O–H groups in total. The summed E-state index contributed by atoms with van der Waals surface area (Å²) in [7, 11) is 1.39. The lowest BCUT2D eigenvalue weighted by Crippen LogP contribution is -2.36. The van der Waals surface area contributed by atoms with Gasteiger partial charge in [-0.1, -0.05) is 14.9 Å². The van der Waals surface area contributed by atoms with E-state index in [1.165, 1.54) is 13.3 Å². The highest BCUT2D eigenvalue weighted by atomic mass is 79.9. The Morgan fingerprint density at radius 1 is 0.871 bits per heavy atom. The maximum absolute atomic E-state index is 11.5. The summed E-state index contributed by atoms with van der Waals surface area (Å²) >= 11 is 9.31. The number of halogens is 3. The zero-order valence-electron chi connectivity index (χ0n) is 16.4. The number of methoxy groups -OCH3 is 1. The van der Waals surface area contributed by atoms with Crippen LogP contribution < -0.4 is 27.2 Å². The Morgan fingerprint density at radius 2 is 1.23 bits per heavy atom. The van der Waals surface area contributed by atoms with Crippen molar-refractivity contribution >= 4 is 50.5 Å². The number of H-pyrrole nitrogens is 2. The molecule has 0 unspecified atom stereocenters. The van der Waals surface area contributed by atoms with Crippen LogP contribution in [0.3, 0.4) is 0 Å². The number of hydrogen-bond acceptors (Lipinski definition) is 6. The van der Waals surface area contributed by atoms with Gasteiger partial charge in [-0.3, -0.25) is 18.7 Å². The molecule has 0 spiro atoms. The molecule has 0 aromatic carbocycles. The number of aromatic nitrogens is 4. The first kappa shape index (κ1) is 34.1. The molecule has 2 heterocycles. The van der Waals surface area contributed by atoms with Crippen LogP contribution in [0.5, 0.6) is 11.5 Å². The molecular weight excluding hydrogens is 607 g/mol. The van der Waals surface area contributed by atoms with Crippen molar-refractivity contribution in [3.8, 4) is 11.5 Å². The number of nitrogens with one attached hydrogen (secondary N) is 2. The molecule has 0 atom stereocenters. The summed E-state index contributed by atoms with van der Waals surface area (Å²) in [5.74, 6) is -0.295. The predicted molar refractivity (Wildman–Crippen MR) is 138 cm³/mol. The highest BCUT2D eigenvalue weighted by Crippen LogP contribution is 2.07. The first-order valence-corrected chi connectivity index (χ1v) is 10.9. The second-order valence-corrected chi connectivity index (χ2v) is 12.4. The molecule has 14 heteroatoms. The number of rotatable bonds is 3. The van der Waals surface area contributed by atoms with Gasteiger partial charge in [0.15, 0.2) is 5.75 Å². The molecule has 0 radical (unpaired) electrons. The molecule has 10 nitrogen and oxygen atoms in total. The molecule has 31 heavy (non-hydrogen) atoms. The van der Waals surface area contributed by atoms with Gasteiger partial charge in [-0.25, -0.2) is 9.59 Å². The molecule has 0 aliphatic heterocycles. The van der Waals surface area contributed by atoms with Gasteiger partial charge in [0, 0.05) is 12.1 Å². The Balaban J connectivity index is -0.000000410. The van der Waals surface area contributed by atoms with Crippen LogP contribution in [0.1, 0.15) is 54.6 Å². The van der Waals surface area contributed by atoms with Crippen LogP contribution in [0.15, 0.2) is 31.6 Å². The minimum atomic E-state index is -0.659. The van der Waals surface area contributed by atoms with Crippen molar-refractivity contribution in [2.75, 3.05) is 7.11 Å². The maximum atomic E-state index is 11.5. The molecule has 0 fully saturated rings. The Morgan fingerprint density at radius 3 is 1.55 bits per heavy atom. The molecule has 2 aromatic heterocycles. The Bertz CT molecular complexity index is 1010. The van der Waals surface area contributed by atoms with E-state index in [1.54, 1.807) is 27.7 Å². The number of nitrogens with zero attached hydrogens (tertiary/aromatic N) is 2. The topological polar surface area (TPSA) is 139 Å². The third kappa shape index (κ3) is 11.1. The van der Waals surface area contributed by atoms with Crippen LogP contribution in [-0.4, -0.2) is 34.5 Å². The minimum absolute atomic E-state index is 0. The Kier molecular flexibility index (Phi) is 17.8. The van der Waals surface area contributed by atoms with E-state index in [1.807, 2.05) is 0 Å². The van der Waals surface area contributed by atoms with E-state index in [4.69, 9.17) is 9.84 Å². The predicted octanol–water partition coefficient (Wildman–Crippen LogP) is 3.38. The van der Waals surface area contributed by atoms with Gasteiger partial charge in [0.25, 0.3) is 11.1 Å². The second-order valence-electron chi connectivity index (χ2n) is 5.93. The van der Waals surface area contributed by atoms with E-state index >= 15 is 0 Å². The van der Waals surface area contributed by atoms with Crippen molar-refractivity contribution in [2.45, 2.75) is 54.6 Å². The quantitative estimate of drug-likeness (QED) is 0.442. The van der Waals surface area contributed by atoms with Crippen LogP contribution in [-0.2, 0) is 0 Å². The van der Waals surface area contributed by atoms with Crippen molar-refractivity contribution in [1.82, 2.24) is 19.1 Å². The monoisotopic (exact) mass is 634 g/mol. The fourth-order valence-electron chi connectivity index (χ4n) is 2.03. The molecule has 2 aromatic rings. The van der Waals surface area contributed by atoms with Crippen molar-refractivity contribution in [3.05, 3.63) is 54.1 Å². The average Bonchev–Trinajstić information content (AvgIpc) is 2.58. The summed E-state index contributed by atoms with van der Waals surface area (Å²) in [5, 5.41) is 8.97. The largest absolute Gasteiger partial charge is 0.502 e. The van der Waals surface area contributed by atoms with Crippen LogP contribution in [0.4, 0.5) is 0 Å². The number of hydrogen-bond donors (Lipinski definition) is 3. The third-order valence-corrected chi connectivity index (χ3v) is 3.22. The number of aromatic amines is 2. The minimum Gasteiger partial charge on any atom is -0.502 e. The lowest BCUT2D eigenvalue weighted by Gasteiger charge is -2.08. The lowest BCUT2D eigenvalue weighted by atomic mass is 10.4.